The number of nitrogens with one attached hydrogen (secondary N) is 2. The molecule has 0 amide bonds. The molecule has 1 aliphatic rings. The van der Waals surface area contributed by atoms with Crippen LogP contribution in [0.5, 0.6) is 0 Å². The number of hydrogen-bond donors (Lipinski definition) is 3. The first kappa shape index (κ1) is 15.9. The van der Waals surface area contributed by atoms with Gasteiger partial charge >= 0.3 is 5.97 Å². The van der Waals surface area contributed by atoms with Gasteiger partial charge in [0.25, 0.3) is 0 Å². The van der Waals surface area contributed by atoms with Crippen molar-refractivity contribution >= 4 is 16.0 Å². The molecule has 1 aromatic rings. The third-order valence-electron chi connectivity index (χ3n) is 3.82. The van der Waals surface area contributed by atoms with Gasteiger partial charge in [0.15, 0.2) is 0 Å². The highest BCUT2D eigenvalue weighted by atomic mass is 32.2. The molecule has 0 radical (unpaired) electrons. The molecule has 1 fully saturated rings. The van der Waals surface area contributed by atoms with Crippen LogP contribution >= 0.6 is 0 Å². The van der Waals surface area contributed by atoms with Gasteiger partial charge in [-0.1, -0.05) is 0 Å². The molecule has 0 atom stereocenters. The molecule has 0 bridgehead atoms. The minimum absolute atomic E-state index is 0.0104. The van der Waals surface area contributed by atoms with E-state index in [2.05, 4.69) is 10.0 Å². The summed E-state index contributed by atoms with van der Waals surface area (Å²) in [4.78, 5) is 11.2. The molecule has 0 unspecified atom stereocenters. The Morgan fingerprint density at radius 3 is 2.48 bits per heavy atom. The van der Waals surface area contributed by atoms with Crippen molar-refractivity contribution in [1.82, 2.24) is 10.0 Å². The van der Waals surface area contributed by atoms with Crippen molar-refractivity contribution in [1.29, 1.82) is 0 Å². The van der Waals surface area contributed by atoms with Crippen LogP contribution in [0.15, 0.2) is 17.0 Å². The maximum atomic E-state index is 12.5. The molecule has 0 aliphatic carbocycles. The van der Waals surface area contributed by atoms with Gasteiger partial charge in [-0.25, -0.2) is 17.9 Å². The summed E-state index contributed by atoms with van der Waals surface area (Å²) in [5, 5.41) is 12.3. The zero-order chi connectivity index (χ0) is 15.6. The first-order valence-electron chi connectivity index (χ1n) is 6.89. The Balaban J connectivity index is 2.36. The molecule has 0 saturated carbocycles. The summed E-state index contributed by atoms with van der Waals surface area (Å²) in [5.41, 5.74) is 1.23. The molecule has 0 aromatic heterocycles. The molecule has 0 spiro atoms. The Labute approximate surface area is 124 Å². The van der Waals surface area contributed by atoms with Gasteiger partial charge in [-0.05, 0) is 63.0 Å². The van der Waals surface area contributed by atoms with Gasteiger partial charge in [0.05, 0.1) is 10.5 Å². The standard InChI is InChI=1S/C14H20N2O4S/c1-9-7-11(14(17)18)8-13(10(9)2)21(19,20)16-12-3-5-15-6-4-12/h7-8,12,15-16H,3-6H2,1-2H3,(H,17,18). The van der Waals surface area contributed by atoms with Gasteiger partial charge in [0.1, 0.15) is 0 Å². The normalized spacial score (nSPS) is 16.9. The van der Waals surface area contributed by atoms with Crippen molar-refractivity contribution in [2.75, 3.05) is 13.1 Å². The van der Waals surface area contributed by atoms with Crippen LogP contribution in [-0.2, 0) is 10.0 Å². The Morgan fingerprint density at radius 1 is 1.29 bits per heavy atom. The highest BCUT2D eigenvalue weighted by molar-refractivity contribution is 7.89. The number of aromatic carboxylic acids is 1. The summed E-state index contributed by atoms with van der Waals surface area (Å²) in [5.74, 6) is -1.13. The van der Waals surface area contributed by atoms with Crippen LogP contribution in [0, 0.1) is 13.8 Å². The fourth-order valence-electron chi connectivity index (χ4n) is 2.45. The quantitative estimate of drug-likeness (QED) is 0.772. The van der Waals surface area contributed by atoms with E-state index in [0.29, 0.717) is 11.1 Å². The highest BCUT2D eigenvalue weighted by Crippen LogP contribution is 2.22. The van der Waals surface area contributed by atoms with Crippen LogP contribution in [-0.4, -0.2) is 38.6 Å². The number of carbonyl (C=O) groups is 1. The number of piperidine rings is 1. The minimum Gasteiger partial charge on any atom is -0.478 e. The Morgan fingerprint density at radius 2 is 1.90 bits per heavy atom. The van der Waals surface area contributed by atoms with Gasteiger partial charge in [-0.2, -0.15) is 0 Å². The molecule has 1 heterocycles. The second-order valence-electron chi connectivity index (χ2n) is 5.37. The van der Waals surface area contributed by atoms with Crippen LogP contribution in [0.2, 0.25) is 0 Å². The molecule has 6 nitrogen and oxygen atoms in total. The summed E-state index contributed by atoms with van der Waals surface area (Å²) in [6, 6.07) is 2.61. The van der Waals surface area contributed by atoms with Gasteiger partial charge in [0, 0.05) is 6.04 Å². The van der Waals surface area contributed by atoms with Crippen LogP contribution in [0.1, 0.15) is 34.3 Å². The molecule has 116 valence electrons. The molecular weight excluding hydrogens is 292 g/mol. The topological polar surface area (TPSA) is 95.5 Å². The van der Waals surface area contributed by atoms with Crippen molar-refractivity contribution in [3.63, 3.8) is 0 Å². The van der Waals surface area contributed by atoms with Crippen molar-refractivity contribution in [3.8, 4) is 0 Å². The number of sulfonamides is 1. The van der Waals surface area contributed by atoms with E-state index >= 15 is 0 Å². The number of aryl methyl sites for hydroxylation is 1. The van der Waals surface area contributed by atoms with E-state index < -0.39 is 16.0 Å². The molecule has 3 N–H and O–H groups in total. The number of carboxylic acid groups (broad SMARTS) is 1. The van der Waals surface area contributed by atoms with Gasteiger partial charge in [-0.15, -0.1) is 0 Å². The minimum atomic E-state index is -3.71. The molecule has 2 rings (SSSR count). The Hall–Kier alpha value is -1.44. The largest absolute Gasteiger partial charge is 0.478 e. The lowest BCUT2D eigenvalue weighted by Gasteiger charge is -2.24. The van der Waals surface area contributed by atoms with Crippen LogP contribution in [0.3, 0.4) is 0 Å². The van der Waals surface area contributed by atoms with E-state index in [1.54, 1.807) is 13.8 Å². The number of hydrogen-bond acceptors (Lipinski definition) is 4. The van der Waals surface area contributed by atoms with Crippen molar-refractivity contribution in [3.05, 3.63) is 28.8 Å². The summed E-state index contributed by atoms with van der Waals surface area (Å²) in [6.07, 6.45) is 1.46. The van der Waals surface area contributed by atoms with Crippen LogP contribution < -0.4 is 10.0 Å². The average Bonchev–Trinajstić information content (AvgIpc) is 2.41. The van der Waals surface area contributed by atoms with Crippen LogP contribution in [0.25, 0.3) is 0 Å². The average molecular weight is 312 g/mol. The molecule has 7 heteroatoms. The van der Waals surface area contributed by atoms with E-state index in [9.17, 15) is 13.2 Å². The van der Waals surface area contributed by atoms with E-state index in [0.717, 1.165) is 25.9 Å². The van der Waals surface area contributed by atoms with E-state index in [1.165, 1.54) is 12.1 Å². The van der Waals surface area contributed by atoms with E-state index in [4.69, 9.17) is 5.11 Å². The second kappa shape index (κ2) is 6.13. The molecular formula is C14H20N2O4S. The third kappa shape index (κ3) is 3.61. The predicted molar refractivity (Wildman–Crippen MR) is 79.1 cm³/mol. The predicted octanol–water partition coefficient (Wildman–Crippen LogP) is 1.03. The lowest BCUT2D eigenvalue weighted by Crippen LogP contribution is -2.42. The van der Waals surface area contributed by atoms with E-state index in [1.807, 2.05) is 0 Å². The SMILES string of the molecule is Cc1cc(C(=O)O)cc(S(=O)(=O)NC2CCNCC2)c1C. The van der Waals surface area contributed by atoms with Crippen molar-refractivity contribution in [2.45, 2.75) is 37.6 Å². The first-order chi connectivity index (χ1) is 9.81. The smallest absolute Gasteiger partial charge is 0.335 e. The number of benzene rings is 1. The van der Waals surface area contributed by atoms with E-state index in [-0.39, 0.29) is 16.5 Å². The highest BCUT2D eigenvalue weighted by Gasteiger charge is 2.25. The lowest BCUT2D eigenvalue weighted by atomic mass is 10.1. The summed E-state index contributed by atoms with van der Waals surface area (Å²) in [7, 11) is -3.71. The fraction of sp³-hybridized carbons (Fsp3) is 0.500. The molecule has 1 saturated heterocycles. The Kier molecular flexibility index (Phi) is 4.65. The number of carboxylic acids is 1. The first-order valence-corrected chi connectivity index (χ1v) is 8.37. The van der Waals surface area contributed by atoms with Gasteiger partial charge in [-0.3, -0.25) is 0 Å². The molecule has 1 aliphatic heterocycles. The summed E-state index contributed by atoms with van der Waals surface area (Å²) < 4.78 is 27.7. The summed E-state index contributed by atoms with van der Waals surface area (Å²) in [6.45, 7) is 4.96. The molecule has 1 aromatic carbocycles. The monoisotopic (exact) mass is 312 g/mol. The maximum Gasteiger partial charge on any atom is 0.335 e. The fourth-order valence-corrected chi connectivity index (χ4v) is 4.10. The molecule has 21 heavy (non-hydrogen) atoms. The third-order valence-corrected chi connectivity index (χ3v) is 5.46. The second-order valence-corrected chi connectivity index (χ2v) is 7.05. The number of rotatable bonds is 4. The maximum absolute atomic E-state index is 12.5. The van der Waals surface area contributed by atoms with Crippen LogP contribution in [0.4, 0.5) is 0 Å². The zero-order valence-corrected chi connectivity index (χ0v) is 13.0. The van der Waals surface area contributed by atoms with Gasteiger partial charge < -0.3 is 10.4 Å². The lowest BCUT2D eigenvalue weighted by molar-refractivity contribution is 0.0696. The Bertz CT molecular complexity index is 649. The van der Waals surface area contributed by atoms with Gasteiger partial charge in [0.2, 0.25) is 10.0 Å². The summed E-state index contributed by atoms with van der Waals surface area (Å²) >= 11 is 0. The zero-order valence-electron chi connectivity index (χ0n) is 12.1. The van der Waals surface area contributed by atoms with Crippen molar-refractivity contribution < 1.29 is 18.3 Å². The van der Waals surface area contributed by atoms with Crippen molar-refractivity contribution in [2.24, 2.45) is 0 Å².